The number of thiazole rings is 1. The number of nitrogens with zero attached hydrogens (tertiary/aromatic N) is 4. The summed E-state index contributed by atoms with van der Waals surface area (Å²) in [4.78, 5) is 35.7. The summed E-state index contributed by atoms with van der Waals surface area (Å²) in [7, 11) is -7.27. The Labute approximate surface area is 262 Å². The number of fused-ring (bicyclic) bond motifs is 2. The van der Waals surface area contributed by atoms with Crippen LogP contribution < -0.4 is 5.32 Å². The molecular formula is C26H30ClN5O7S4. The van der Waals surface area contributed by atoms with Gasteiger partial charge in [-0.15, -0.1) is 22.7 Å². The predicted octanol–water partition coefficient (Wildman–Crippen LogP) is 1.79. The van der Waals surface area contributed by atoms with Crippen LogP contribution in [0.1, 0.15) is 26.8 Å². The second kappa shape index (κ2) is 12.0. The first-order valence-electron chi connectivity index (χ1n) is 13.7. The number of amides is 2. The number of thiophene rings is 1. The van der Waals surface area contributed by atoms with Crippen molar-refractivity contribution in [1.29, 1.82) is 0 Å². The zero-order valence-corrected chi connectivity index (χ0v) is 27.2. The van der Waals surface area contributed by atoms with Crippen molar-refractivity contribution < 1.29 is 31.2 Å². The Morgan fingerprint density at radius 2 is 1.86 bits per heavy atom. The molecule has 3 aromatic rings. The van der Waals surface area contributed by atoms with Crippen LogP contribution in [0.2, 0.25) is 5.02 Å². The number of nitrogens with one attached hydrogen (secondary N) is 1. The fourth-order valence-corrected chi connectivity index (χ4v) is 10.7. The molecule has 232 valence electrons. The fourth-order valence-electron chi connectivity index (χ4n) is 5.52. The third kappa shape index (κ3) is 6.33. The summed E-state index contributed by atoms with van der Waals surface area (Å²) in [6.07, 6.45) is 1.26. The number of hydrogen-bond acceptors (Lipinski definition) is 11. The molecule has 0 spiro atoms. The van der Waals surface area contributed by atoms with Gasteiger partial charge in [-0.25, -0.2) is 21.8 Å². The molecule has 0 saturated carbocycles. The number of carbonyl (C=O) groups is 2. The van der Waals surface area contributed by atoms with Gasteiger partial charge in [-0.3, -0.25) is 14.9 Å². The Kier molecular flexibility index (Phi) is 8.58. The molecule has 0 radical (unpaired) electrons. The minimum atomic E-state index is -3.92. The van der Waals surface area contributed by atoms with E-state index in [1.807, 2.05) is 0 Å². The van der Waals surface area contributed by atoms with Crippen LogP contribution in [0.5, 0.6) is 0 Å². The Bertz CT molecular complexity index is 1790. The van der Waals surface area contributed by atoms with Gasteiger partial charge in [0.2, 0.25) is 5.91 Å². The van der Waals surface area contributed by atoms with Gasteiger partial charge in [0.25, 0.3) is 15.9 Å². The average molecular weight is 688 g/mol. The summed E-state index contributed by atoms with van der Waals surface area (Å²) in [5.74, 6) is -0.580. The number of halogens is 1. The van der Waals surface area contributed by atoms with E-state index in [1.165, 1.54) is 15.6 Å². The maximum atomic E-state index is 13.9. The molecule has 2 aromatic heterocycles. The fraction of sp³-hybridized carbons (Fsp3) is 0.500. The van der Waals surface area contributed by atoms with E-state index >= 15 is 0 Å². The molecule has 2 saturated heterocycles. The normalized spacial score (nSPS) is 22.1. The summed E-state index contributed by atoms with van der Waals surface area (Å²) < 4.78 is 59.4. The van der Waals surface area contributed by atoms with Crippen molar-refractivity contribution in [3.05, 3.63) is 44.9 Å². The van der Waals surface area contributed by atoms with Crippen molar-refractivity contribution >= 4 is 76.0 Å². The van der Waals surface area contributed by atoms with E-state index < -0.39 is 37.2 Å². The first-order valence-corrected chi connectivity index (χ1v) is 19.1. The lowest BCUT2D eigenvalue weighted by atomic mass is 10.1. The Morgan fingerprint density at radius 3 is 2.60 bits per heavy atom. The van der Waals surface area contributed by atoms with Crippen LogP contribution in [-0.2, 0) is 42.4 Å². The van der Waals surface area contributed by atoms with Crippen LogP contribution in [0, 0.1) is 0 Å². The summed E-state index contributed by atoms with van der Waals surface area (Å²) in [6.45, 7) is 2.05. The van der Waals surface area contributed by atoms with E-state index in [9.17, 15) is 26.4 Å². The highest BCUT2D eigenvalue weighted by molar-refractivity contribution is 7.91. The van der Waals surface area contributed by atoms with Crippen LogP contribution >= 0.6 is 34.3 Å². The number of hydrogen-bond donors (Lipinski definition) is 1. The van der Waals surface area contributed by atoms with Crippen molar-refractivity contribution in [3.8, 4) is 0 Å². The first-order chi connectivity index (χ1) is 20.4. The third-order valence-electron chi connectivity index (χ3n) is 7.88. The zero-order chi connectivity index (χ0) is 30.5. The quantitative estimate of drug-likeness (QED) is 0.410. The summed E-state index contributed by atoms with van der Waals surface area (Å²) in [6, 6.07) is 6.10. The largest absolute Gasteiger partial charge is 0.378 e. The average Bonchev–Trinajstić information content (AvgIpc) is 3.61. The number of morpholine rings is 1. The second-order valence-corrected chi connectivity index (χ2v) is 17.7. The van der Waals surface area contributed by atoms with Crippen molar-refractivity contribution in [1.82, 2.24) is 24.4 Å². The second-order valence-electron chi connectivity index (χ2n) is 10.8. The summed E-state index contributed by atoms with van der Waals surface area (Å²) >= 11 is 8.43. The molecule has 1 aromatic carbocycles. The lowest BCUT2D eigenvalue weighted by Crippen LogP contribution is -2.58. The van der Waals surface area contributed by atoms with Gasteiger partial charge in [-0.05, 0) is 23.6 Å². The monoisotopic (exact) mass is 687 g/mol. The number of ether oxygens (including phenoxy) is 1. The molecule has 2 unspecified atom stereocenters. The number of benzene rings is 1. The van der Waals surface area contributed by atoms with Gasteiger partial charge in [0.15, 0.2) is 14.8 Å². The van der Waals surface area contributed by atoms with E-state index in [4.69, 9.17) is 16.3 Å². The number of sulfone groups is 1. The molecule has 17 heteroatoms. The number of sulfonamides is 1. The van der Waals surface area contributed by atoms with Crippen molar-refractivity contribution in [2.24, 2.45) is 0 Å². The molecule has 0 aliphatic carbocycles. The van der Waals surface area contributed by atoms with E-state index in [0.29, 0.717) is 37.0 Å². The minimum absolute atomic E-state index is 0.0497. The molecule has 1 N–H and O–H groups in total. The SMILES string of the molecule is CS(=O)(=O)C1Cc2nc(C(=O)N3CCN(S(=O)(=O)c4cc5ccc(Cl)cc5s4)CC3CC(=O)N3CCOCC3)sc2CN1. The topological polar surface area (TPSA) is 146 Å². The number of carbonyl (C=O) groups excluding carboxylic acids is 2. The molecule has 5 heterocycles. The van der Waals surface area contributed by atoms with Crippen LogP contribution in [0.4, 0.5) is 0 Å². The predicted molar refractivity (Wildman–Crippen MR) is 164 cm³/mol. The summed E-state index contributed by atoms with van der Waals surface area (Å²) in [5.41, 5.74) is 0.564. The van der Waals surface area contributed by atoms with Gasteiger partial charge >= 0.3 is 0 Å². The Hall–Kier alpha value is -2.18. The van der Waals surface area contributed by atoms with Gasteiger partial charge in [-0.1, -0.05) is 17.7 Å². The standard InChI is InChI=1S/C26H30ClN5O7S4/c1-42(35,36)22-13-19-21(14-28-22)41-25(29-19)26(34)32-5-4-31(15-18(32)12-23(33)30-6-8-39-9-7-30)43(37,38)24-10-16-2-3-17(27)11-20(16)40-24/h2-3,10-11,18,22,28H,4-9,12-15H2,1H3. The highest BCUT2D eigenvalue weighted by atomic mass is 35.5. The number of piperazine rings is 1. The maximum absolute atomic E-state index is 13.9. The van der Waals surface area contributed by atoms with Crippen LogP contribution in [0.15, 0.2) is 28.5 Å². The Morgan fingerprint density at radius 1 is 1.09 bits per heavy atom. The van der Waals surface area contributed by atoms with Crippen LogP contribution in [0.25, 0.3) is 10.1 Å². The minimum Gasteiger partial charge on any atom is -0.378 e. The third-order valence-corrected chi connectivity index (χ3v) is 14.0. The van der Waals surface area contributed by atoms with Crippen molar-refractivity contribution in [3.63, 3.8) is 0 Å². The molecule has 43 heavy (non-hydrogen) atoms. The molecule has 2 fully saturated rings. The molecule has 3 aliphatic rings. The lowest BCUT2D eigenvalue weighted by molar-refractivity contribution is -0.136. The Balaban J connectivity index is 1.26. The highest BCUT2D eigenvalue weighted by Crippen LogP contribution is 2.34. The van der Waals surface area contributed by atoms with Gasteiger partial charge in [-0.2, -0.15) is 4.31 Å². The number of aromatic nitrogens is 1. The first kappa shape index (κ1) is 30.8. The molecule has 3 aliphatic heterocycles. The number of rotatable bonds is 6. The molecule has 6 rings (SSSR count). The van der Waals surface area contributed by atoms with Gasteiger partial charge in [0.1, 0.15) is 9.58 Å². The van der Waals surface area contributed by atoms with E-state index in [2.05, 4.69) is 10.3 Å². The van der Waals surface area contributed by atoms with Gasteiger partial charge in [0, 0.05) is 73.0 Å². The van der Waals surface area contributed by atoms with Crippen molar-refractivity contribution in [2.45, 2.75) is 35.0 Å². The van der Waals surface area contributed by atoms with Crippen molar-refractivity contribution in [2.75, 3.05) is 52.2 Å². The molecule has 0 bridgehead atoms. The smallest absolute Gasteiger partial charge is 0.283 e. The molecule has 2 amide bonds. The lowest BCUT2D eigenvalue weighted by Gasteiger charge is -2.41. The van der Waals surface area contributed by atoms with E-state index in [1.54, 1.807) is 34.1 Å². The van der Waals surface area contributed by atoms with Gasteiger partial charge in [0.05, 0.1) is 24.9 Å². The highest BCUT2D eigenvalue weighted by Gasteiger charge is 2.40. The van der Waals surface area contributed by atoms with Crippen LogP contribution in [0.3, 0.4) is 0 Å². The summed E-state index contributed by atoms with van der Waals surface area (Å²) in [5, 5.41) is 3.69. The molecular weight excluding hydrogens is 658 g/mol. The van der Waals surface area contributed by atoms with Gasteiger partial charge < -0.3 is 14.5 Å². The zero-order valence-electron chi connectivity index (χ0n) is 23.2. The molecule has 2 atom stereocenters. The maximum Gasteiger partial charge on any atom is 0.283 e. The van der Waals surface area contributed by atoms with E-state index in [-0.39, 0.29) is 54.1 Å². The molecule has 12 nitrogen and oxygen atoms in total. The van der Waals surface area contributed by atoms with E-state index in [0.717, 1.165) is 32.6 Å². The van der Waals surface area contributed by atoms with Crippen LogP contribution in [-0.4, -0.2) is 111 Å².